The summed E-state index contributed by atoms with van der Waals surface area (Å²) in [6, 6.07) is 8.61. The van der Waals surface area contributed by atoms with Crippen LogP contribution in [0.3, 0.4) is 0 Å². The van der Waals surface area contributed by atoms with E-state index in [-0.39, 0.29) is 17.4 Å². The van der Waals surface area contributed by atoms with E-state index in [4.69, 9.17) is 4.74 Å². The molecule has 2 saturated heterocycles. The zero-order valence-electron chi connectivity index (χ0n) is 23.6. The largest absolute Gasteiger partial charge is 0.444 e. The summed E-state index contributed by atoms with van der Waals surface area (Å²) in [4.78, 5) is 36.5. The molecule has 3 aromatic rings. The molecule has 2 amide bonds. The number of rotatable bonds is 2. The van der Waals surface area contributed by atoms with Gasteiger partial charge in [0, 0.05) is 63.5 Å². The molecule has 0 N–H and O–H groups in total. The number of pyridine rings is 1. The minimum Gasteiger partial charge on any atom is -0.444 e. The van der Waals surface area contributed by atoms with Crippen LogP contribution in [-0.2, 0) is 23.1 Å². The van der Waals surface area contributed by atoms with Gasteiger partial charge in [-0.2, -0.15) is 5.10 Å². The number of carbonyl (C=O) groups is 2. The molecule has 1 spiro atoms. The summed E-state index contributed by atoms with van der Waals surface area (Å²) < 4.78 is 7.37. The number of piperidine rings is 1. The maximum absolute atomic E-state index is 13.3. The Bertz CT molecular complexity index is 1430. The molecule has 9 heteroatoms. The van der Waals surface area contributed by atoms with E-state index in [0.717, 1.165) is 48.3 Å². The lowest BCUT2D eigenvalue weighted by molar-refractivity contribution is -0.118. The van der Waals surface area contributed by atoms with Crippen LogP contribution < -0.4 is 9.80 Å². The van der Waals surface area contributed by atoms with Gasteiger partial charge in [-0.15, -0.1) is 0 Å². The minimum absolute atomic E-state index is 0.0790. The summed E-state index contributed by atoms with van der Waals surface area (Å²) in [5.74, 6) is 0.499. The molecular formula is C30H38N6O3. The summed E-state index contributed by atoms with van der Waals surface area (Å²) in [7, 11) is 1.92. The van der Waals surface area contributed by atoms with Gasteiger partial charge in [-0.25, -0.2) is 9.78 Å². The van der Waals surface area contributed by atoms with Crippen molar-refractivity contribution in [2.75, 3.05) is 36.0 Å². The zero-order valence-corrected chi connectivity index (χ0v) is 23.6. The standard InChI is InChI=1S/C30H38N6O3/c1-20-17-35(25-8-11-31-27-24(25)16-32-33(27)5)18-21-6-7-22(14-23(20)21)36-19-30(15-26(36)37)9-12-34(13-10-30)28(38)39-29(2,3)4/h6-8,11,14,16,20H,9-10,12-13,15,17-19H2,1-5H3/t20-/m0/s1. The highest BCUT2D eigenvalue weighted by Gasteiger charge is 2.46. The number of ether oxygens (including phenoxy) is 1. The maximum atomic E-state index is 13.3. The number of nitrogens with zero attached hydrogens (tertiary/aromatic N) is 6. The Balaban J connectivity index is 1.17. The maximum Gasteiger partial charge on any atom is 0.410 e. The van der Waals surface area contributed by atoms with Crippen molar-refractivity contribution in [2.45, 2.75) is 65.0 Å². The first-order chi connectivity index (χ1) is 18.5. The molecular weight excluding hydrogens is 492 g/mol. The molecule has 0 aliphatic carbocycles. The molecule has 0 unspecified atom stereocenters. The van der Waals surface area contributed by atoms with E-state index in [1.807, 2.05) is 49.8 Å². The van der Waals surface area contributed by atoms with E-state index in [1.165, 1.54) is 11.1 Å². The first-order valence-corrected chi connectivity index (χ1v) is 13.9. The van der Waals surface area contributed by atoms with Crippen LogP contribution in [0.25, 0.3) is 11.0 Å². The molecule has 0 bridgehead atoms. The highest BCUT2D eigenvalue weighted by atomic mass is 16.6. The van der Waals surface area contributed by atoms with Gasteiger partial charge < -0.3 is 19.4 Å². The van der Waals surface area contributed by atoms with Crippen molar-refractivity contribution in [2.24, 2.45) is 12.5 Å². The summed E-state index contributed by atoms with van der Waals surface area (Å²) in [5, 5.41) is 5.47. The van der Waals surface area contributed by atoms with Gasteiger partial charge in [-0.3, -0.25) is 9.48 Å². The van der Waals surface area contributed by atoms with Crippen molar-refractivity contribution >= 4 is 34.4 Å². The van der Waals surface area contributed by atoms with E-state index >= 15 is 0 Å². The fourth-order valence-electron chi connectivity index (χ4n) is 6.50. The second-order valence-electron chi connectivity index (χ2n) is 12.6. The first kappa shape index (κ1) is 25.6. The van der Waals surface area contributed by atoms with Crippen LogP contribution in [0.4, 0.5) is 16.2 Å². The molecule has 39 heavy (non-hydrogen) atoms. The summed E-state index contributed by atoms with van der Waals surface area (Å²) >= 11 is 0. The lowest BCUT2D eigenvalue weighted by atomic mass is 9.77. The number of fused-ring (bicyclic) bond motifs is 2. The predicted octanol–water partition coefficient (Wildman–Crippen LogP) is 4.85. The summed E-state index contributed by atoms with van der Waals surface area (Å²) in [5.41, 5.74) is 5.06. The Morgan fingerprint density at radius 3 is 2.67 bits per heavy atom. The third-order valence-corrected chi connectivity index (χ3v) is 8.58. The van der Waals surface area contributed by atoms with Gasteiger partial charge in [0.25, 0.3) is 0 Å². The SMILES string of the molecule is C[C@H]1CN(c2ccnc3c2cnn3C)Cc2ccc(N3CC4(CCN(C(=O)OC(C)(C)C)CC4)CC3=O)cc21. The number of aromatic nitrogens is 3. The van der Waals surface area contributed by atoms with Gasteiger partial charge in [-0.05, 0) is 68.9 Å². The average molecular weight is 531 g/mol. The lowest BCUT2D eigenvalue weighted by Gasteiger charge is -2.39. The fraction of sp³-hybridized carbons (Fsp3) is 0.533. The number of benzene rings is 1. The highest BCUT2D eigenvalue weighted by molar-refractivity contribution is 5.96. The molecule has 0 radical (unpaired) electrons. The lowest BCUT2D eigenvalue weighted by Crippen LogP contribution is -2.46. The van der Waals surface area contributed by atoms with Gasteiger partial charge >= 0.3 is 6.09 Å². The van der Waals surface area contributed by atoms with Gasteiger partial charge in [0.2, 0.25) is 5.91 Å². The molecule has 3 aliphatic heterocycles. The molecule has 2 aromatic heterocycles. The van der Waals surface area contributed by atoms with Crippen molar-refractivity contribution in [1.82, 2.24) is 19.7 Å². The molecule has 1 atom stereocenters. The molecule has 5 heterocycles. The Morgan fingerprint density at radius 2 is 1.92 bits per heavy atom. The van der Waals surface area contributed by atoms with Gasteiger partial charge in [-0.1, -0.05) is 13.0 Å². The van der Waals surface area contributed by atoms with Gasteiger partial charge in [0.1, 0.15) is 5.60 Å². The van der Waals surface area contributed by atoms with E-state index in [9.17, 15) is 9.59 Å². The number of aryl methyl sites for hydroxylation is 1. The second-order valence-corrected chi connectivity index (χ2v) is 12.6. The van der Waals surface area contributed by atoms with Crippen molar-refractivity contribution in [1.29, 1.82) is 0 Å². The Hall–Kier alpha value is -3.62. The van der Waals surface area contributed by atoms with Gasteiger partial charge in [0.05, 0.1) is 17.3 Å². The highest BCUT2D eigenvalue weighted by Crippen LogP contribution is 2.44. The zero-order chi connectivity index (χ0) is 27.5. The van der Waals surface area contributed by atoms with E-state index < -0.39 is 5.60 Å². The second kappa shape index (κ2) is 9.24. The third-order valence-electron chi connectivity index (χ3n) is 8.58. The van der Waals surface area contributed by atoms with E-state index in [2.05, 4.69) is 46.2 Å². The minimum atomic E-state index is -0.504. The number of likely N-dealkylation sites (tertiary alicyclic amines) is 1. The number of anilines is 2. The molecule has 3 aliphatic rings. The Labute approximate surface area is 229 Å². The molecule has 1 aromatic carbocycles. The monoisotopic (exact) mass is 530 g/mol. The van der Waals surface area contributed by atoms with Crippen LogP contribution in [0.1, 0.15) is 64.0 Å². The van der Waals surface area contributed by atoms with Crippen molar-refractivity contribution in [3.05, 3.63) is 47.8 Å². The summed E-state index contributed by atoms with van der Waals surface area (Å²) in [6.07, 6.45) is 5.67. The van der Waals surface area contributed by atoms with Crippen LogP contribution in [-0.4, -0.2) is 63.4 Å². The van der Waals surface area contributed by atoms with Crippen LogP contribution in [0.2, 0.25) is 0 Å². The van der Waals surface area contributed by atoms with E-state index in [1.54, 1.807) is 4.90 Å². The number of amides is 2. The topological polar surface area (TPSA) is 83.8 Å². The molecule has 6 rings (SSSR count). The molecule has 9 nitrogen and oxygen atoms in total. The van der Waals surface area contributed by atoms with Gasteiger partial charge in [0.15, 0.2) is 5.65 Å². The third kappa shape index (κ3) is 4.72. The first-order valence-electron chi connectivity index (χ1n) is 13.9. The fourth-order valence-corrected chi connectivity index (χ4v) is 6.50. The Kier molecular flexibility index (Phi) is 6.08. The molecule has 0 saturated carbocycles. The average Bonchev–Trinajstić information content (AvgIpc) is 3.42. The molecule has 206 valence electrons. The number of carbonyl (C=O) groups excluding carboxylic acids is 2. The normalized spacial score (nSPS) is 21.1. The Morgan fingerprint density at radius 1 is 1.15 bits per heavy atom. The molecule has 2 fully saturated rings. The van der Waals surface area contributed by atoms with Crippen LogP contribution >= 0.6 is 0 Å². The van der Waals surface area contributed by atoms with Crippen LogP contribution in [0.5, 0.6) is 0 Å². The van der Waals surface area contributed by atoms with Crippen LogP contribution in [0, 0.1) is 5.41 Å². The van der Waals surface area contributed by atoms with Crippen LogP contribution in [0.15, 0.2) is 36.7 Å². The van der Waals surface area contributed by atoms with E-state index in [0.29, 0.717) is 32.0 Å². The van der Waals surface area contributed by atoms with Crippen molar-refractivity contribution in [3.8, 4) is 0 Å². The smallest absolute Gasteiger partial charge is 0.410 e. The quantitative estimate of drug-likeness (QED) is 0.471. The van der Waals surface area contributed by atoms with Crippen molar-refractivity contribution in [3.63, 3.8) is 0 Å². The van der Waals surface area contributed by atoms with Crippen molar-refractivity contribution < 1.29 is 14.3 Å². The summed E-state index contributed by atoms with van der Waals surface area (Å²) in [6.45, 7) is 11.6. The number of hydrogen-bond donors (Lipinski definition) is 0. The predicted molar refractivity (Wildman–Crippen MR) is 151 cm³/mol. The number of hydrogen-bond acceptors (Lipinski definition) is 6.